The third kappa shape index (κ3) is 7.70. The summed E-state index contributed by atoms with van der Waals surface area (Å²) >= 11 is 0. The first-order chi connectivity index (χ1) is 23.5. The average molecular weight is 681 g/mol. The summed E-state index contributed by atoms with van der Waals surface area (Å²) in [5.74, 6) is 7.85. The van der Waals surface area contributed by atoms with Crippen LogP contribution in [0.4, 0.5) is 14.0 Å². The normalized spacial score (nSPS) is 23.2. The van der Waals surface area contributed by atoms with Crippen molar-refractivity contribution < 1.29 is 23.5 Å². The number of aromatic amines is 2. The number of allylic oxidation sites excluding steroid dienone is 1. The summed E-state index contributed by atoms with van der Waals surface area (Å²) in [5, 5.41) is 0.513. The summed E-state index contributed by atoms with van der Waals surface area (Å²) in [4.78, 5) is 44.9. The SMILES string of the molecule is C=C(C#Cc1ccc(-c2cnc(C3C(=C)C4CC4N3C(=O)OC(C)(C)C)[nH]2)cc1)/C=c1/[nH]c(CN(C(=O)OC(C)(C)C)C2CC2C)nc1=CF. The predicted octanol–water partition coefficient (Wildman–Crippen LogP) is 6.28. The molecule has 5 atom stereocenters. The van der Waals surface area contributed by atoms with Crippen LogP contribution in [-0.4, -0.2) is 65.2 Å². The number of H-pyrrole nitrogens is 2. The molecule has 10 nitrogen and oxygen atoms in total. The fourth-order valence-corrected chi connectivity index (χ4v) is 6.30. The Kier molecular flexibility index (Phi) is 9.01. The molecule has 3 fully saturated rings. The lowest BCUT2D eigenvalue weighted by Crippen LogP contribution is -2.39. The molecule has 3 aliphatic rings. The number of likely N-dealkylation sites (tertiary alicyclic amines) is 1. The van der Waals surface area contributed by atoms with E-state index in [9.17, 15) is 14.0 Å². The number of rotatable bonds is 6. The Morgan fingerprint density at radius 2 is 1.78 bits per heavy atom. The zero-order chi connectivity index (χ0) is 36.1. The van der Waals surface area contributed by atoms with Crippen molar-refractivity contribution in [2.24, 2.45) is 11.8 Å². The van der Waals surface area contributed by atoms with Gasteiger partial charge >= 0.3 is 12.2 Å². The number of nitrogens with one attached hydrogen (secondary N) is 2. The molecule has 0 bridgehead atoms. The first-order valence-electron chi connectivity index (χ1n) is 16.9. The highest BCUT2D eigenvalue weighted by atomic mass is 19.1. The molecule has 1 aromatic carbocycles. The van der Waals surface area contributed by atoms with Crippen LogP contribution in [-0.2, 0) is 16.0 Å². The summed E-state index contributed by atoms with van der Waals surface area (Å²) in [7, 11) is 0. The number of hydrogen-bond donors (Lipinski definition) is 2. The van der Waals surface area contributed by atoms with Gasteiger partial charge < -0.3 is 19.4 Å². The number of amides is 2. The van der Waals surface area contributed by atoms with Crippen LogP contribution in [0.3, 0.4) is 0 Å². The van der Waals surface area contributed by atoms with Crippen molar-refractivity contribution in [2.45, 2.75) is 97.2 Å². The lowest BCUT2D eigenvalue weighted by atomic mass is 10.1. The molecule has 5 unspecified atom stereocenters. The third-order valence-corrected chi connectivity index (χ3v) is 8.89. The maximum Gasteiger partial charge on any atom is 0.411 e. The molecule has 1 saturated heterocycles. The molecule has 3 aromatic rings. The van der Waals surface area contributed by atoms with Gasteiger partial charge in [0.25, 0.3) is 0 Å². The molecule has 1 aliphatic heterocycles. The molecule has 0 spiro atoms. The van der Waals surface area contributed by atoms with Crippen molar-refractivity contribution in [2.75, 3.05) is 0 Å². The molecule has 11 heteroatoms. The number of carbonyl (C=O) groups excluding carboxylic acids is 2. The van der Waals surface area contributed by atoms with Gasteiger partial charge in [-0.25, -0.2) is 23.9 Å². The maximum absolute atomic E-state index is 13.8. The second-order valence-corrected chi connectivity index (χ2v) is 15.4. The summed E-state index contributed by atoms with van der Waals surface area (Å²) in [6, 6.07) is 7.46. The molecule has 3 heterocycles. The number of halogens is 1. The number of ether oxygens (including phenoxy) is 2. The number of piperidine rings is 1. The number of nitrogens with zero attached hydrogens (tertiary/aromatic N) is 4. The highest BCUT2D eigenvalue weighted by Crippen LogP contribution is 2.56. The van der Waals surface area contributed by atoms with Gasteiger partial charge in [-0.1, -0.05) is 44.1 Å². The van der Waals surface area contributed by atoms with E-state index in [0.29, 0.717) is 34.8 Å². The van der Waals surface area contributed by atoms with Crippen LogP contribution in [0.2, 0.25) is 0 Å². The van der Waals surface area contributed by atoms with E-state index >= 15 is 0 Å². The van der Waals surface area contributed by atoms with Crippen molar-refractivity contribution in [3.8, 4) is 23.1 Å². The molecule has 6 rings (SSSR count). The van der Waals surface area contributed by atoms with Crippen molar-refractivity contribution >= 4 is 24.6 Å². The highest BCUT2D eigenvalue weighted by Gasteiger charge is 2.58. The van der Waals surface area contributed by atoms with E-state index in [1.54, 1.807) is 22.1 Å². The van der Waals surface area contributed by atoms with Gasteiger partial charge in [-0.05, 0) is 89.6 Å². The Morgan fingerprint density at radius 3 is 2.40 bits per heavy atom. The van der Waals surface area contributed by atoms with Crippen molar-refractivity contribution in [3.63, 3.8) is 0 Å². The van der Waals surface area contributed by atoms with E-state index in [2.05, 4.69) is 51.9 Å². The smallest absolute Gasteiger partial charge is 0.411 e. The second-order valence-electron chi connectivity index (χ2n) is 15.4. The molecule has 262 valence electrons. The maximum atomic E-state index is 13.8. The molecule has 2 aliphatic carbocycles. The van der Waals surface area contributed by atoms with E-state index in [-0.39, 0.29) is 42.0 Å². The third-order valence-electron chi connectivity index (χ3n) is 8.89. The second kappa shape index (κ2) is 13.0. The Hall–Kier alpha value is -5.11. The van der Waals surface area contributed by atoms with Crippen LogP contribution in [0.5, 0.6) is 0 Å². The summed E-state index contributed by atoms with van der Waals surface area (Å²) < 4.78 is 25.1. The number of imidazole rings is 2. The van der Waals surface area contributed by atoms with Crippen LogP contribution in [0.1, 0.15) is 84.6 Å². The molecule has 50 heavy (non-hydrogen) atoms. The number of benzene rings is 1. The van der Waals surface area contributed by atoms with Gasteiger partial charge in [0.2, 0.25) is 0 Å². The minimum atomic E-state index is -0.634. The van der Waals surface area contributed by atoms with Gasteiger partial charge in [0.15, 0.2) is 0 Å². The van der Waals surface area contributed by atoms with Gasteiger partial charge in [-0.15, -0.1) is 0 Å². The van der Waals surface area contributed by atoms with Crippen molar-refractivity contribution in [1.29, 1.82) is 0 Å². The summed E-state index contributed by atoms with van der Waals surface area (Å²) in [6.45, 7) is 21.6. The van der Waals surface area contributed by atoms with Gasteiger partial charge in [-0.3, -0.25) is 9.80 Å². The van der Waals surface area contributed by atoms with Gasteiger partial charge in [-0.2, -0.15) is 0 Å². The monoisotopic (exact) mass is 680 g/mol. The van der Waals surface area contributed by atoms with E-state index in [1.807, 2.05) is 65.8 Å². The van der Waals surface area contributed by atoms with Gasteiger partial charge in [0.1, 0.15) is 40.6 Å². The minimum Gasteiger partial charge on any atom is -0.444 e. The van der Waals surface area contributed by atoms with Crippen LogP contribution < -0.4 is 10.7 Å². The summed E-state index contributed by atoms with van der Waals surface area (Å²) in [6.07, 6.45) is 4.82. The highest BCUT2D eigenvalue weighted by molar-refractivity contribution is 5.72. The van der Waals surface area contributed by atoms with Crippen LogP contribution in [0, 0.1) is 23.7 Å². The van der Waals surface area contributed by atoms with Gasteiger partial charge in [0, 0.05) is 29.1 Å². The lowest BCUT2D eigenvalue weighted by Gasteiger charge is -2.30. The van der Waals surface area contributed by atoms with E-state index in [0.717, 1.165) is 35.2 Å². The Morgan fingerprint density at radius 1 is 1.10 bits per heavy atom. The number of hydrogen-bond acceptors (Lipinski definition) is 6. The molecule has 2 aromatic heterocycles. The van der Waals surface area contributed by atoms with Crippen LogP contribution in [0.15, 0.2) is 54.8 Å². The molecular formula is C39H45FN6O4. The predicted molar refractivity (Wildman–Crippen MR) is 189 cm³/mol. The fraction of sp³-hybridized carbons (Fsp3) is 0.436. The largest absolute Gasteiger partial charge is 0.444 e. The van der Waals surface area contributed by atoms with Crippen LogP contribution >= 0.6 is 0 Å². The Labute approximate surface area is 292 Å². The van der Waals surface area contributed by atoms with Crippen molar-refractivity contribution in [1.82, 2.24) is 29.7 Å². The fourth-order valence-electron chi connectivity index (χ4n) is 6.30. The summed E-state index contributed by atoms with van der Waals surface area (Å²) in [5.41, 5.74) is 2.67. The quantitative estimate of drug-likeness (QED) is 0.234. The first-order valence-corrected chi connectivity index (χ1v) is 16.9. The van der Waals surface area contributed by atoms with E-state index in [4.69, 9.17) is 9.47 Å². The Bertz CT molecular complexity index is 2020. The topological polar surface area (TPSA) is 116 Å². The van der Waals surface area contributed by atoms with E-state index < -0.39 is 17.3 Å². The lowest BCUT2D eigenvalue weighted by molar-refractivity contribution is 0.0187. The zero-order valence-corrected chi connectivity index (χ0v) is 29.8. The standard InChI is InChI=1S/C39H45FN6O4/c1-22(16-28-29(19-40)43-33(42-28)21-45(31-17-23(31)2)36(47)49-38(4,5)6)10-11-25-12-14-26(15-13-25)30-20-41-35(44-30)34-24(3)27-18-32(27)46(34)37(48)50-39(7,8)9/h12-16,19-20,23,27,31-32,34H,1,3,17-18,21H2,2,4-9H3,(H,41,44)(H,42,43)/b28-16+,29-19?. The number of carbonyl (C=O) groups is 2. The van der Waals surface area contributed by atoms with E-state index in [1.165, 1.54) is 0 Å². The minimum absolute atomic E-state index is 0.0510. The molecule has 2 saturated carbocycles. The molecule has 2 amide bonds. The number of fused-ring (bicyclic) bond motifs is 1. The first kappa shape index (κ1) is 34.7. The zero-order valence-electron chi connectivity index (χ0n) is 29.8. The molecule has 0 radical (unpaired) electrons. The molecular weight excluding hydrogens is 635 g/mol. The van der Waals surface area contributed by atoms with Crippen LogP contribution in [0.25, 0.3) is 23.7 Å². The average Bonchev–Trinajstić information content (AvgIpc) is 3.81. The number of aromatic nitrogens is 4. The Balaban J connectivity index is 1.13. The molecule has 2 N–H and O–H groups in total. The van der Waals surface area contributed by atoms with Gasteiger partial charge in [0.05, 0.1) is 23.8 Å². The van der Waals surface area contributed by atoms with Crippen molar-refractivity contribution in [3.05, 3.63) is 82.7 Å².